The largest absolute Gasteiger partial charge is 0.481 e. The van der Waals surface area contributed by atoms with Crippen molar-refractivity contribution in [3.05, 3.63) is 35.9 Å². The molecule has 0 aliphatic carbocycles. The number of benzene rings is 1. The molecule has 0 heterocycles. The van der Waals surface area contributed by atoms with Crippen LogP contribution in [0.4, 0.5) is 4.79 Å². The van der Waals surface area contributed by atoms with Gasteiger partial charge < -0.3 is 41.6 Å². The van der Waals surface area contributed by atoms with Gasteiger partial charge in [-0.3, -0.25) is 19.2 Å². The van der Waals surface area contributed by atoms with Gasteiger partial charge in [0.1, 0.15) is 35.4 Å². The molecule has 1 rings (SSSR count). The van der Waals surface area contributed by atoms with Gasteiger partial charge in [0.25, 0.3) is 0 Å². The van der Waals surface area contributed by atoms with Crippen LogP contribution in [0.3, 0.4) is 0 Å². The van der Waals surface area contributed by atoms with Crippen LogP contribution in [0.15, 0.2) is 30.3 Å². The van der Waals surface area contributed by atoms with E-state index in [4.69, 9.17) is 15.2 Å². The molecule has 4 atom stereocenters. The molecular weight excluding hydrogens is 622 g/mol. The highest BCUT2D eigenvalue weighted by molar-refractivity contribution is 5.96. The molecule has 0 saturated carbocycles. The van der Waals surface area contributed by atoms with Crippen LogP contribution in [0.2, 0.25) is 0 Å². The lowest BCUT2D eigenvalue weighted by Crippen LogP contribution is -2.58. The van der Waals surface area contributed by atoms with E-state index in [1.807, 2.05) is 13.8 Å². The molecule has 14 nitrogen and oxygen atoms in total. The molecule has 0 aromatic heterocycles. The third kappa shape index (κ3) is 17.6. The number of amides is 4. The second-order valence-electron chi connectivity index (χ2n) is 14.1. The van der Waals surface area contributed by atoms with Crippen molar-refractivity contribution in [1.29, 1.82) is 0 Å². The van der Waals surface area contributed by atoms with Gasteiger partial charge in [-0.15, -0.1) is 0 Å². The Morgan fingerprint density at radius 1 is 0.729 bits per heavy atom. The Balaban J connectivity index is 3.28. The summed E-state index contributed by atoms with van der Waals surface area (Å²) in [5.41, 5.74) is 4.66. The number of alkyl carbamates (subject to hydrolysis) is 1. The van der Waals surface area contributed by atoms with E-state index in [-0.39, 0.29) is 25.2 Å². The summed E-state index contributed by atoms with van der Waals surface area (Å²) in [5, 5.41) is 19.8. The number of esters is 1. The minimum atomic E-state index is -1.61. The van der Waals surface area contributed by atoms with Gasteiger partial charge in [0.05, 0.1) is 6.42 Å². The maximum absolute atomic E-state index is 13.5. The van der Waals surface area contributed by atoms with Gasteiger partial charge in [-0.25, -0.2) is 9.59 Å². The van der Waals surface area contributed by atoms with Crippen molar-refractivity contribution in [2.45, 2.75) is 129 Å². The third-order valence-corrected chi connectivity index (χ3v) is 6.60. The molecule has 0 fully saturated rings. The number of ether oxygens (including phenoxy) is 2. The normalized spacial score (nSPS) is 14.1. The second kappa shape index (κ2) is 19.6. The zero-order valence-corrected chi connectivity index (χ0v) is 29.5. The van der Waals surface area contributed by atoms with Crippen LogP contribution in [0, 0.1) is 5.92 Å². The second-order valence-corrected chi connectivity index (χ2v) is 14.1. The lowest BCUT2D eigenvalue weighted by Gasteiger charge is -2.28. The molecular formula is C34H55N5O9. The summed E-state index contributed by atoms with van der Waals surface area (Å²) >= 11 is 0. The smallest absolute Gasteiger partial charge is 0.408 e. The zero-order valence-electron chi connectivity index (χ0n) is 29.5. The first-order valence-corrected chi connectivity index (χ1v) is 16.3. The highest BCUT2D eigenvalue weighted by atomic mass is 16.6. The predicted octanol–water partition coefficient (Wildman–Crippen LogP) is 2.57. The number of hydrogen-bond donors (Lipinski definition) is 6. The van der Waals surface area contributed by atoms with Crippen molar-refractivity contribution in [3.8, 4) is 0 Å². The van der Waals surface area contributed by atoms with Crippen molar-refractivity contribution >= 4 is 35.8 Å². The summed E-state index contributed by atoms with van der Waals surface area (Å²) < 4.78 is 10.8. The SMILES string of the molecule is CC(C)C[C@H](NC(=O)[C@H](CCCCN)NC(=O)[C@H](CC(=O)O)NC(=O)[C@H](Cc1ccccc1)NC(=O)OC(C)(C)C)C(=O)OC(C)(C)C. The lowest BCUT2D eigenvalue weighted by molar-refractivity contribution is -0.159. The van der Waals surface area contributed by atoms with E-state index in [0.29, 0.717) is 24.9 Å². The Hall–Kier alpha value is -4.20. The van der Waals surface area contributed by atoms with Gasteiger partial charge in [0.2, 0.25) is 17.7 Å². The Kier molecular flexibility index (Phi) is 17.1. The van der Waals surface area contributed by atoms with Crippen LogP contribution in [-0.2, 0) is 39.9 Å². The quantitative estimate of drug-likeness (QED) is 0.0986. The summed E-state index contributed by atoms with van der Waals surface area (Å²) in [5.74, 6) is -4.45. The molecule has 0 saturated heterocycles. The fraction of sp³-hybridized carbons (Fsp3) is 0.647. The average Bonchev–Trinajstić information content (AvgIpc) is 2.93. The summed E-state index contributed by atoms with van der Waals surface area (Å²) in [6.45, 7) is 14.2. The number of carboxylic acid groups (broad SMARTS) is 1. The number of carbonyl (C=O) groups is 6. The number of hydrogen-bond acceptors (Lipinski definition) is 9. The van der Waals surface area contributed by atoms with Crippen LogP contribution in [-0.4, -0.2) is 82.8 Å². The summed E-state index contributed by atoms with van der Waals surface area (Å²) in [6.07, 6.45) is -0.307. The van der Waals surface area contributed by atoms with Crippen LogP contribution < -0.4 is 27.0 Å². The Bertz CT molecular complexity index is 1230. The average molecular weight is 678 g/mol. The van der Waals surface area contributed by atoms with Gasteiger partial charge in [-0.2, -0.15) is 0 Å². The molecule has 7 N–H and O–H groups in total. The third-order valence-electron chi connectivity index (χ3n) is 6.60. The fourth-order valence-electron chi connectivity index (χ4n) is 4.53. The van der Waals surface area contributed by atoms with E-state index in [9.17, 15) is 33.9 Å². The molecule has 270 valence electrons. The van der Waals surface area contributed by atoms with E-state index in [1.54, 1.807) is 71.9 Å². The predicted molar refractivity (Wildman–Crippen MR) is 180 cm³/mol. The van der Waals surface area contributed by atoms with Crippen LogP contribution in [0.1, 0.15) is 93.1 Å². The zero-order chi connectivity index (χ0) is 36.7. The molecule has 0 aliphatic heterocycles. The maximum Gasteiger partial charge on any atom is 0.408 e. The summed E-state index contributed by atoms with van der Waals surface area (Å²) in [7, 11) is 0. The standard InChI is InChI=1S/C34H55N5O9/c1-21(2)18-26(31(45)47-33(3,4)5)38-28(42)23(16-12-13-17-35)36-30(44)25(20-27(40)41)37-29(43)24(19-22-14-10-9-11-15-22)39-32(46)48-34(6,7)8/h9-11,14-15,21,23-26H,12-13,16-20,35H2,1-8H3,(H,36,44)(H,37,43)(H,38,42)(H,39,46)(H,40,41)/t23-,24-,25-,26-/m0/s1. The van der Waals surface area contributed by atoms with E-state index < -0.39 is 77.5 Å². The molecule has 0 unspecified atom stereocenters. The number of rotatable bonds is 18. The highest BCUT2D eigenvalue weighted by Gasteiger charge is 2.34. The van der Waals surface area contributed by atoms with E-state index in [0.717, 1.165) is 0 Å². The van der Waals surface area contributed by atoms with E-state index >= 15 is 0 Å². The van der Waals surface area contributed by atoms with Gasteiger partial charge >= 0.3 is 18.0 Å². The van der Waals surface area contributed by atoms with Crippen molar-refractivity contribution < 1.29 is 43.3 Å². The first-order chi connectivity index (χ1) is 22.2. The molecule has 0 aliphatic rings. The van der Waals surface area contributed by atoms with Gasteiger partial charge in [-0.05, 0) is 85.3 Å². The molecule has 4 amide bonds. The van der Waals surface area contributed by atoms with Crippen molar-refractivity contribution in [1.82, 2.24) is 21.3 Å². The Morgan fingerprint density at radius 2 is 1.25 bits per heavy atom. The number of aliphatic carboxylic acids is 1. The molecule has 14 heteroatoms. The molecule has 1 aromatic carbocycles. The summed E-state index contributed by atoms with van der Waals surface area (Å²) in [4.78, 5) is 77.9. The highest BCUT2D eigenvalue weighted by Crippen LogP contribution is 2.14. The molecule has 0 radical (unpaired) electrons. The molecule has 0 bridgehead atoms. The van der Waals surface area contributed by atoms with Crippen molar-refractivity contribution in [2.24, 2.45) is 11.7 Å². The lowest BCUT2D eigenvalue weighted by atomic mass is 10.0. The maximum atomic E-state index is 13.5. The van der Waals surface area contributed by atoms with Gasteiger partial charge in [-0.1, -0.05) is 44.2 Å². The topological polar surface area (TPSA) is 215 Å². The molecule has 0 spiro atoms. The number of carboxylic acids is 1. The number of nitrogens with one attached hydrogen (secondary N) is 4. The van der Waals surface area contributed by atoms with Gasteiger partial charge in [0, 0.05) is 6.42 Å². The monoisotopic (exact) mass is 677 g/mol. The van der Waals surface area contributed by atoms with E-state index in [2.05, 4.69) is 21.3 Å². The Morgan fingerprint density at radius 3 is 1.77 bits per heavy atom. The molecule has 48 heavy (non-hydrogen) atoms. The van der Waals surface area contributed by atoms with E-state index in [1.165, 1.54) is 0 Å². The first-order valence-electron chi connectivity index (χ1n) is 16.3. The fourth-order valence-corrected chi connectivity index (χ4v) is 4.53. The first kappa shape index (κ1) is 41.8. The molecule has 1 aromatic rings. The number of unbranched alkanes of at least 4 members (excludes halogenated alkanes) is 1. The number of nitrogens with two attached hydrogens (primary N) is 1. The summed E-state index contributed by atoms with van der Waals surface area (Å²) in [6, 6.07) is 3.74. The van der Waals surface area contributed by atoms with Crippen LogP contribution in [0.25, 0.3) is 0 Å². The minimum absolute atomic E-state index is 0.0132. The minimum Gasteiger partial charge on any atom is -0.481 e. The van der Waals surface area contributed by atoms with Gasteiger partial charge in [0.15, 0.2) is 0 Å². The van der Waals surface area contributed by atoms with Crippen LogP contribution >= 0.6 is 0 Å². The number of carbonyl (C=O) groups excluding carboxylic acids is 5. The Labute approximate surface area is 283 Å². The van der Waals surface area contributed by atoms with Crippen LogP contribution in [0.5, 0.6) is 0 Å². The van der Waals surface area contributed by atoms with Crippen molar-refractivity contribution in [3.63, 3.8) is 0 Å². The van der Waals surface area contributed by atoms with Crippen molar-refractivity contribution in [2.75, 3.05) is 6.54 Å².